The van der Waals surface area contributed by atoms with Crippen LogP contribution in [0.25, 0.3) is 0 Å². The maximum atomic E-state index is 12.0. The Morgan fingerprint density at radius 2 is 1.88 bits per heavy atom. The van der Waals surface area contributed by atoms with Gasteiger partial charge in [0.15, 0.2) is 0 Å². The fraction of sp³-hybridized carbons (Fsp3) is 0.444. The lowest BCUT2D eigenvalue weighted by molar-refractivity contribution is -0.134. The molecule has 0 saturated carbocycles. The number of hydrogen-bond donors (Lipinski definition) is 1. The van der Waals surface area contributed by atoms with Gasteiger partial charge in [0.25, 0.3) is 11.8 Å². The Kier molecular flexibility index (Phi) is 3.56. The van der Waals surface area contributed by atoms with Crippen LogP contribution in [-0.2, 0) is 14.3 Å². The molecule has 0 spiro atoms. The van der Waals surface area contributed by atoms with Gasteiger partial charge in [0, 0.05) is 36.2 Å². The number of rotatable bonds is 2. The molecule has 3 aliphatic heterocycles. The van der Waals surface area contributed by atoms with Crippen LogP contribution in [0.1, 0.15) is 20.3 Å². The number of epoxide rings is 1. The molecular formula is C18H20N2O4. The van der Waals surface area contributed by atoms with Gasteiger partial charge in [0.05, 0.1) is 0 Å². The Bertz CT molecular complexity index is 703. The van der Waals surface area contributed by atoms with Crippen molar-refractivity contribution in [1.29, 1.82) is 0 Å². The Morgan fingerprint density at radius 1 is 1.17 bits per heavy atom. The molecule has 6 nitrogen and oxygen atoms in total. The summed E-state index contributed by atoms with van der Waals surface area (Å²) in [5.41, 5.74) is 1.73. The molecule has 0 bridgehead atoms. The first kappa shape index (κ1) is 15.5. The fourth-order valence-electron chi connectivity index (χ4n) is 3.62. The zero-order valence-corrected chi connectivity index (χ0v) is 13.6. The topological polar surface area (TPSA) is 73.4 Å². The summed E-state index contributed by atoms with van der Waals surface area (Å²) in [6, 6.07) is -0.112. The maximum Gasteiger partial charge on any atom is 0.257 e. The number of ether oxygens (including phenoxy) is 1. The van der Waals surface area contributed by atoms with Crippen LogP contribution < -0.4 is 0 Å². The molecule has 2 amide bonds. The van der Waals surface area contributed by atoms with Crippen molar-refractivity contribution in [3.8, 4) is 0 Å². The number of aliphatic hydroxyl groups excluding tert-OH is 1. The molecular weight excluding hydrogens is 308 g/mol. The van der Waals surface area contributed by atoms with Gasteiger partial charge >= 0.3 is 0 Å². The second-order valence-electron chi connectivity index (χ2n) is 6.73. The highest BCUT2D eigenvalue weighted by Crippen LogP contribution is 2.39. The van der Waals surface area contributed by atoms with E-state index in [0.717, 1.165) is 5.57 Å². The van der Waals surface area contributed by atoms with Crippen LogP contribution in [0.4, 0.5) is 0 Å². The summed E-state index contributed by atoms with van der Waals surface area (Å²) in [5, 5.41) is 10.7. The van der Waals surface area contributed by atoms with Crippen LogP contribution in [0.2, 0.25) is 0 Å². The van der Waals surface area contributed by atoms with E-state index in [4.69, 9.17) is 4.74 Å². The highest BCUT2D eigenvalue weighted by atomic mass is 16.6. The molecule has 3 heterocycles. The van der Waals surface area contributed by atoms with Crippen LogP contribution in [0.5, 0.6) is 0 Å². The van der Waals surface area contributed by atoms with E-state index in [0.29, 0.717) is 12.1 Å². The van der Waals surface area contributed by atoms with Crippen molar-refractivity contribution in [2.24, 2.45) is 5.92 Å². The highest BCUT2D eigenvalue weighted by molar-refractivity contribution is 6.14. The molecule has 0 radical (unpaired) electrons. The summed E-state index contributed by atoms with van der Waals surface area (Å²) in [7, 11) is 0. The van der Waals surface area contributed by atoms with E-state index in [1.807, 2.05) is 43.1 Å². The summed E-state index contributed by atoms with van der Waals surface area (Å²) in [6.07, 6.45) is 9.93. The lowest BCUT2D eigenvalue weighted by Crippen LogP contribution is -2.50. The van der Waals surface area contributed by atoms with E-state index in [1.165, 1.54) is 17.1 Å². The van der Waals surface area contributed by atoms with Crippen molar-refractivity contribution in [2.75, 3.05) is 0 Å². The molecule has 0 aromatic heterocycles. The minimum absolute atomic E-state index is 0.00322. The molecule has 0 aromatic rings. The normalized spacial score (nSPS) is 38.8. The Morgan fingerprint density at radius 3 is 2.58 bits per heavy atom. The van der Waals surface area contributed by atoms with Crippen molar-refractivity contribution >= 4 is 11.8 Å². The van der Waals surface area contributed by atoms with Crippen molar-refractivity contribution < 1.29 is 19.4 Å². The first-order chi connectivity index (χ1) is 11.5. The maximum absolute atomic E-state index is 12.0. The average Bonchev–Trinajstić information content (AvgIpc) is 3.25. The number of hydrogen-bond acceptors (Lipinski definition) is 5. The van der Waals surface area contributed by atoms with E-state index in [9.17, 15) is 14.7 Å². The van der Waals surface area contributed by atoms with E-state index < -0.39 is 6.23 Å². The van der Waals surface area contributed by atoms with Crippen molar-refractivity contribution in [3.63, 3.8) is 0 Å². The zero-order chi connectivity index (χ0) is 17.0. The van der Waals surface area contributed by atoms with Crippen LogP contribution in [0.15, 0.2) is 47.7 Å². The third kappa shape index (κ3) is 2.38. The van der Waals surface area contributed by atoms with Gasteiger partial charge in [-0.05, 0) is 13.0 Å². The summed E-state index contributed by atoms with van der Waals surface area (Å²) >= 11 is 0. The predicted octanol–water partition coefficient (Wildman–Crippen LogP) is 1.07. The lowest BCUT2D eigenvalue weighted by Gasteiger charge is -2.39. The monoisotopic (exact) mass is 328 g/mol. The number of allylic oxidation sites excluding steroid dienone is 2. The van der Waals surface area contributed by atoms with Crippen molar-refractivity contribution in [1.82, 2.24) is 9.80 Å². The van der Waals surface area contributed by atoms with Gasteiger partial charge in [0.1, 0.15) is 18.6 Å². The Balaban J connectivity index is 1.61. The number of fused-ring (bicyclic) bond motifs is 1. The molecule has 0 aromatic carbocycles. The Labute approximate surface area is 140 Å². The van der Waals surface area contributed by atoms with Crippen molar-refractivity contribution in [3.05, 3.63) is 47.7 Å². The van der Waals surface area contributed by atoms with Gasteiger partial charge in [-0.25, -0.2) is 9.80 Å². The predicted molar refractivity (Wildman–Crippen MR) is 86.0 cm³/mol. The number of imide groups is 1. The van der Waals surface area contributed by atoms with Crippen LogP contribution in [0, 0.1) is 5.92 Å². The molecule has 1 saturated heterocycles. The summed E-state index contributed by atoms with van der Waals surface area (Å²) < 4.78 is 5.67. The number of aliphatic hydroxyl groups is 1. The number of carbonyl (C=O) groups excluding carboxylic acids is 2. The SMILES string of the molecule is CC1=CC=C(N2C(=O)C=CC2=O)CC1N1C(O)C(C)C=CC2OC21. The molecule has 5 atom stereocenters. The number of carbonyl (C=O) groups is 2. The van der Waals surface area contributed by atoms with Gasteiger partial charge in [0.2, 0.25) is 0 Å². The molecule has 24 heavy (non-hydrogen) atoms. The molecule has 5 unspecified atom stereocenters. The molecule has 1 fully saturated rings. The fourth-order valence-corrected chi connectivity index (χ4v) is 3.62. The third-order valence-corrected chi connectivity index (χ3v) is 5.10. The molecule has 126 valence electrons. The van der Waals surface area contributed by atoms with Gasteiger partial charge in [-0.2, -0.15) is 0 Å². The zero-order valence-electron chi connectivity index (χ0n) is 13.6. The highest BCUT2D eigenvalue weighted by Gasteiger charge is 2.50. The largest absolute Gasteiger partial charge is 0.378 e. The van der Waals surface area contributed by atoms with Gasteiger partial charge in [-0.15, -0.1) is 0 Å². The first-order valence-corrected chi connectivity index (χ1v) is 8.20. The second-order valence-corrected chi connectivity index (χ2v) is 6.73. The third-order valence-electron chi connectivity index (χ3n) is 5.10. The lowest BCUT2D eigenvalue weighted by atomic mass is 9.94. The summed E-state index contributed by atoms with van der Waals surface area (Å²) in [4.78, 5) is 27.1. The quantitative estimate of drug-likeness (QED) is 0.466. The molecule has 1 aliphatic carbocycles. The van der Waals surface area contributed by atoms with Crippen molar-refractivity contribution in [2.45, 2.75) is 44.9 Å². The Hall–Kier alpha value is -2.02. The smallest absolute Gasteiger partial charge is 0.257 e. The molecule has 4 rings (SSSR count). The van der Waals surface area contributed by atoms with E-state index in [1.54, 1.807) is 0 Å². The van der Waals surface area contributed by atoms with Gasteiger partial charge < -0.3 is 9.84 Å². The van der Waals surface area contributed by atoms with Gasteiger partial charge in [-0.1, -0.05) is 30.7 Å². The summed E-state index contributed by atoms with van der Waals surface area (Å²) in [6.45, 7) is 3.96. The molecule has 1 N–H and O–H groups in total. The molecule has 4 aliphatic rings. The average molecular weight is 328 g/mol. The minimum atomic E-state index is -0.672. The van der Waals surface area contributed by atoms with E-state index in [-0.39, 0.29) is 36.1 Å². The minimum Gasteiger partial charge on any atom is -0.378 e. The van der Waals surface area contributed by atoms with Crippen LogP contribution >= 0.6 is 0 Å². The first-order valence-electron chi connectivity index (χ1n) is 8.20. The van der Waals surface area contributed by atoms with Crippen LogP contribution in [-0.4, -0.2) is 51.3 Å². The number of amides is 2. The van der Waals surface area contributed by atoms with Gasteiger partial charge in [-0.3, -0.25) is 9.59 Å². The van der Waals surface area contributed by atoms with Crippen LogP contribution in [0.3, 0.4) is 0 Å². The van der Waals surface area contributed by atoms with E-state index >= 15 is 0 Å². The number of nitrogens with zero attached hydrogens (tertiary/aromatic N) is 2. The summed E-state index contributed by atoms with van der Waals surface area (Å²) in [5.74, 6) is -0.643. The second kappa shape index (κ2) is 5.51. The van der Waals surface area contributed by atoms with E-state index in [2.05, 4.69) is 0 Å². The standard InChI is InChI=1S/C18H20N2O4/c1-10-3-5-12(19-15(21)7-8-16(19)22)9-13(10)20-17(23)11(2)4-6-14-18(20)24-14/h3-8,11,13-14,17-18,23H,9H2,1-2H3. The molecule has 6 heteroatoms.